The minimum atomic E-state index is -3.32. The molecule has 0 rings (SSSR count). The van der Waals surface area contributed by atoms with Gasteiger partial charge in [0.2, 0.25) is 0 Å². The second-order valence-electron chi connectivity index (χ2n) is 8.36. The van der Waals surface area contributed by atoms with Gasteiger partial charge in [-0.15, -0.1) is 0 Å². The van der Waals surface area contributed by atoms with Crippen molar-refractivity contribution < 1.29 is 26.3 Å². The maximum atomic E-state index is 11.2. The van der Waals surface area contributed by atoms with E-state index in [0.29, 0.717) is 0 Å². The Balaban J connectivity index is 5.30. The van der Waals surface area contributed by atoms with E-state index in [4.69, 9.17) is 21.5 Å². The van der Waals surface area contributed by atoms with Crippen LogP contribution in [0.3, 0.4) is 0 Å². The molecule has 0 bridgehead atoms. The minimum Gasteiger partial charge on any atom is -0.460 e. The van der Waals surface area contributed by atoms with Crippen molar-refractivity contribution in [1.82, 2.24) is 0 Å². The van der Waals surface area contributed by atoms with Crippen LogP contribution < -0.4 is 0 Å². The molecule has 10 heteroatoms. The van der Waals surface area contributed by atoms with Gasteiger partial charge in [0.25, 0.3) is 0 Å². The Morgan fingerprint density at radius 1 is 0.792 bits per heavy atom. The molecule has 24 heavy (non-hydrogen) atoms. The van der Waals surface area contributed by atoms with Gasteiger partial charge in [-0.2, -0.15) is 0 Å². The molecule has 0 heterocycles. The Labute approximate surface area is 151 Å². The van der Waals surface area contributed by atoms with Crippen LogP contribution in [0.15, 0.2) is 12.7 Å². The number of hydrogen-bond donors (Lipinski definition) is 0. The highest BCUT2D eigenvalue weighted by molar-refractivity contribution is 6.87. The number of carbonyl (C=O) groups excluding carboxylic acids is 1. The average molecular weight is 411 g/mol. The van der Waals surface area contributed by atoms with Crippen molar-refractivity contribution in [3.8, 4) is 0 Å². The summed E-state index contributed by atoms with van der Waals surface area (Å²) in [7, 11) is -9.24. The molecule has 0 aliphatic rings. The Kier molecular flexibility index (Phi) is 9.00. The third kappa shape index (κ3) is 12.3. The highest BCUT2D eigenvalue weighted by Crippen LogP contribution is 2.26. The second kappa shape index (κ2) is 9.03. The van der Waals surface area contributed by atoms with Crippen LogP contribution in [-0.2, 0) is 26.3 Å². The van der Waals surface area contributed by atoms with E-state index in [1.807, 2.05) is 0 Å². The van der Waals surface area contributed by atoms with Crippen molar-refractivity contribution in [3.05, 3.63) is 12.7 Å². The smallest absolute Gasteiger partial charge is 0.460 e. The van der Waals surface area contributed by atoms with Gasteiger partial charge in [0, 0.05) is 6.08 Å². The summed E-state index contributed by atoms with van der Waals surface area (Å²) in [6.07, 6.45) is 1.13. The van der Waals surface area contributed by atoms with E-state index < -0.39 is 40.0 Å². The fourth-order valence-electron chi connectivity index (χ4n) is 1.64. The van der Waals surface area contributed by atoms with Crippen LogP contribution in [0.2, 0.25) is 58.9 Å². The summed E-state index contributed by atoms with van der Waals surface area (Å²) in [6, 6.07) is 0. The molecule has 0 radical (unpaired) electrons. The molecular formula is C14H34O6Si4. The molecule has 0 aliphatic carbocycles. The first-order valence-electron chi connectivity index (χ1n) is 8.11. The zero-order valence-electron chi connectivity index (χ0n) is 16.6. The lowest BCUT2D eigenvalue weighted by Gasteiger charge is -2.40. The Bertz CT molecular complexity index is 382. The molecule has 6 nitrogen and oxygen atoms in total. The van der Waals surface area contributed by atoms with Crippen LogP contribution in [0.25, 0.3) is 0 Å². The molecule has 0 saturated heterocycles. The Morgan fingerprint density at radius 3 is 1.46 bits per heavy atom. The van der Waals surface area contributed by atoms with Gasteiger partial charge in [0.15, 0.2) is 25.0 Å². The Hall–Kier alpha value is -0.0825. The molecule has 0 aromatic carbocycles. The number of rotatable bonds is 11. The molecule has 0 unspecified atom stereocenters. The van der Waals surface area contributed by atoms with Gasteiger partial charge in [-0.25, -0.2) is 4.79 Å². The molecule has 0 spiro atoms. The first-order chi connectivity index (χ1) is 10.6. The van der Waals surface area contributed by atoms with Gasteiger partial charge in [-0.3, -0.25) is 0 Å². The molecule has 0 aliphatic heterocycles. The zero-order valence-corrected chi connectivity index (χ0v) is 20.6. The lowest BCUT2D eigenvalue weighted by molar-refractivity contribution is -0.139. The molecule has 0 N–H and O–H groups in total. The van der Waals surface area contributed by atoms with Crippen molar-refractivity contribution in [2.75, 3.05) is 13.2 Å². The summed E-state index contributed by atoms with van der Waals surface area (Å²) in [5.41, 5.74) is 0. The minimum absolute atomic E-state index is 0.110. The van der Waals surface area contributed by atoms with Crippen LogP contribution in [0, 0.1) is 0 Å². The topological polar surface area (TPSA) is 63.2 Å². The molecule has 0 amide bonds. The molecular weight excluding hydrogens is 376 g/mol. The van der Waals surface area contributed by atoms with Crippen LogP contribution >= 0.6 is 0 Å². The fourth-order valence-corrected chi connectivity index (χ4v) is 13.3. The molecule has 0 fully saturated rings. The molecule has 0 saturated carbocycles. The predicted molar refractivity (Wildman–Crippen MR) is 106 cm³/mol. The largest absolute Gasteiger partial charge is 0.647 e. The van der Waals surface area contributed by atoms with E-state index >= 15 is 0 Å². The summed E-state index contributed by atoms with van der Waals surface area (Å²) < 4.78 is 30.0. The van der Waals surface area contributed by atoms with Crippen LogP contribution in [0.1, 0.15) is 0 Å². The summed E-state index contributed by atoms with van der Waals surface area (Å²) >= 11 is 0. The van der Waals surface area contributed by atoms with Crippen molar-refractivity contribution in [2.45, 2.75) is 58.9 Å². The van der Waals surface area contributed by atoms with E-state index in [9.17, 15) is 4.79 Å². The predicted octanol–water partition coefficient (Wildman–Crippen LogP) is 3.72. The molecule has 0 aromatic rings. The van der Waals surface area contributed by atoms with Crippen molar-refractivity contribution >= 4 is 40.0 Å². The van der Waals surface area contributed by atoms with E-state index in [0.717, 1.165) is 6.08 Å². The van der Waals surface area contributed by atoms with Gasteiger partial charge in [-0.1, -0.05) is 6.58 Å². The first-order valence-corrected chi connectivity index (χ1v) is 20.0. The average Bonchev–Trinajstić information content (AvgIpc) is 2.27. The first kappa shape index (κ1) is 23.9. The van der Waals surface area contributed by atoms with Crippen LogP contribution in [0.4, 0.5) is 0 Å². The van der Waals surface area contributed by atoms with Gasteiger partial charge in [-0.05, 0) is 58.9 Å². The SMILES string of the molecule is C=CC(=O)OCCO[Si](O[Si](C)(C)C)(O[Si](C)(C)C)O[Si](C)(C)C. The van der Waals surface area contributed by atoms with E-state index in [-0.39, 0.29) is 13.2 Å². The monoisotopic (exact) mass is 410 g/mol. The van der Waals surface area contributed by atoms with Gasteiger partial charge in [0.1, 0.15) is 6.61 Å². The van der Waals surface area contributed by atoms with Gasteiger partial charge in [0.05, 0.1) is 6.61 Å². The van der Waals surface area contributed by atoms with Gasteiger partial charge < -0.3 is 21.5 Å². The molecule has 142 valence electrons. The fraction of sp³-hybridized carbons (Fsp3) is 0.786. The number of esters is 1. The number of ether oxygens (including phenoxy) is 1. The lowest BCUT2D eigenvalue weighted by Crippen LogP contribution is -2.62. The maximum absolute atomic E-state index is 11.2. The number of carbonyl (C=O) groups is 1. The van der Waals surface area contributed by atoms with Crippen molar-refractivity contribution in [3.63, 3.8) is 0 Å². The van der Waals surface area contributed by atoms with Crippen LogP contribution in [0.5, 0.6) is 0 Å². The second-order valence-corrected chi connectivity index (χ2v) is 24.8. The Morgan fingerprint density at radius 2 is 1.17 bits per heavy atom. The maximum Gasteiger partial charge on any atom is 0.647 e. The summed E-state index contributed by atoms with van der Waals surface area (Å²) in [4.78, 5) is 11.2. The lowest BCUT2D eigenvalue weighted by atomic mass is 10.6. The molecule has 0 aromatic heterocycles. The van der Waals surface area contributed by atoms with E-state index in [2.05, 4.69) is 65.5 Å². The summed E-state index contributed by atoms with van der Waals surface area (Å²) in [5.74, 6) is -0.478. The highest BCUT2D eigenvalue weighted by atomic mass is 28.5. The van der Waals surface area contributed by atoms with Gasteiger partial charge >= 0.3 is 15.0 Å². The standard InChI is InChI=1S/C14H34O6Si4/c1-11-14(15)16-12-13-17-24(18-21(2,3)4,19-22(5,6)7)20-23(8,9)10/h11H,1,12-13H2,2-10H3. The van der Waals surface area contributed by atoms with E-state index in [1.165, 1.54) is 0 Å². The molecule has 0 atom stereocenters. The third-order valence-corrected chi connectivity index (χ3v) is 13.0. The summed E-state index contributed by atoms with van der Waals surface area (Å²) in [6.45, 7) is 22.4. The van der Waals surface area contributed by atoms with Crippen molar-refractivity contribution in [1.29, 1.82) is 0 Å². The number of hydrogen-bond acceptors (Lipinski definition) is 6. The zero-order chi connectivity index (χ0) is 19.2. The van der Waals surface area contributed by atoms with E-state index in [1.54, 1.807) is 0 Å². The van der Waals surface area contributed by atoms with Crippen molar-refractivity contribution in [2.24, 2.45) is 0 Å². The summed E-state index contributed by atoms with van der Waals surface area (Å²) in [5, 5.41) is 0. The normalized spacial score (nSPS) is 13.7. The highest BCUT2D eigenvalue weighted by Gasteiger charge is 2.53. The van der Waals surface area contributed by atoms with Crippen LogP contribution in [-0.4, -0.2) is 53.2 Å². The third-order valence-electron chi connectivity index (χ3n) is 2.07. The quantitative estimate of drug-likeness (QED) is 0.224.